The predicted octanol–water partition coefficient (Wildman–Crippen LogP) is 2.21. The predicted molar refractivity (Wildman–Crippen MR) is 58.4 cm³/mol. The van der Waals surface area contributed by atoms with E-state index >= 15 is 0 Å². The number of hydrogen-bond donors (Lipinski definition) is 0. The lowest BCUT2D eigenvalue weighted by Gasteiger charge is -2.08. The van der Waals surface area contributed by atoms with E-state index in [1.54, 1.807) is 12.4 Å². The summed E-state index contributed by atoms with van der Waals surface area (Å²) in [5.41, 5.74) is 1.14. The van der Waals surface area contributed by atoms with E-state index in [0.717, 1.165) is 18.4 Å². The number of esters is 1. The Morgan fingerprint density at radius 1 is 1.47 bits per heavy atom. The van der Waals surface area contributed by atoms with Crippen LogP contribution in [0, 0.1) is 5.92 Å². The Labute approximate surface area is 90.5 Å². The lowest BCUT2D eigenvalue weighted by molar-refractivity contribution is -0.147. The van der Waals surface area contributed by atoms with E-state index in [1.807, 2.05) is 26.0 Å². The zero-order chi connectivity index (χ0) is 11.1. The maximum absolute atomic E-state index is 11.3. The highest BCUT2D eigenvalue weighted by atomic mass is 16.5. The van der Waals surface area contributed by atoms with Crippen molar-refractivity contribution in [2.45, 2.75) is 26.7 Å². The fraction of sp³-hybridized carbons (Fsp3) is 0.500. The highest BCUT2D eigenvalue weighted by molar-refractivity contribution is 5.71. The summed E-state index contributed by atoms with van der Waals surface area (Å²) in [6.45, 7) is 4.32. The van der Waals surface area contributed by atoms with Crippen molar-refractivity contribution in [3.63, 3.8) is 0 Å². The fourth-order valence-electron chi connectivity index (χ4n) is 1.13. The summed E-state index contributed by atoms with van der Waals surface area (Å²) >= 11 is 0. The largest absolute Gasteiger partial charge is 0.465 e. The number of carbonyl (C=O) groups is 1. The van der Waals surface area contributed by atoms with Crippen LogP contribution >= 0.6 is 0 Å². The summed E-state index contributed by atoms with van der Waals surface area (Å²) in [5, 5.41) is 0. The van der Waals surface area contributed by atoms with Crippen LogP contribution in [-0.4, -0.2) is 17.6 Å². The van der Waals surface area contributed by atoms with E-state index in [-0.39, 0.29) is 11.9 Å². The van der Waals surface area contributed by atoms with Gasteiger partial charge in [0.05, 0.1) is 12.5 Å². The van der Waals surface area contributed by atoms with Crippen molar-refractivity contribution >= 4 is 5.97 Å². The van der Waals surface area contributed by atoms with Gasteiger partial charge in [-0.1, -0.05) is 13.8 Å². The molecular formula is C12H17NO2. The van der Waals surface area contributed by atoms with Crippen LogP contribution in [0.4, 0.5) is 0 Å². The van der Waals surface area contributed by atoms with Crippen molar-refractivity contribution in [3.8, 4) is 0 Å². The Morgan fingerprint density at radius 3 is 2.73 bits per heavy atom. The summed E-state index contributed by atoms with van der Waals surface area (Å²) in [5.74, 6) is -0.103. The minimum atomic E-state index is -0.105. The van der Waals surface area contributed by atoms with Crippen LogP contribution in [0.15, 0.2) is 24.5 Å². The fourth-order valence-corrected chi connectivity index (χ4v) is 1.13. The second kappa shape index (κ2) is 6.17. The molecule has 1 aromatic heterocycles. The van der Waals surface area contributed by atoms with Crippen LogP contribution in [0.5, 0.6) is 0 Å². The quantitative estimate of drug-likeness (QED) is 0.695. The zero-order valence-electron chi connectivity index (χ0n) is 9.27. The van der Waals surface area contributed by atoms with Gasteiger partial charge in [-0.05, 0) is 24.1 Å². The van der Waals surface area contributed by atoms with E-state index in [4.69, 9.17) is 4.74 Å². The molecule has 1 unspecified atom stereocenters. The second-order valence-corrected chi connectivity index (χ2v) is 3.58. The first kappa shape index (κ1) is 11.7. The van der Waals surface area contributed by atoms with Gasteiger partial charge in [-0.15, -0.1) is 0 Å². The molecule has 1 heterocycles. The molecule has 0 N–H and O–H groups in total. The molecule has 0 aromatic carbocycles. The number of nitrogens with zero attached hydrogens (tertiary/aromatic N) is 1. The molecule has 0 amide bonds. The summed E-state index contributed by atoms with van der Waals surface area (Å²) in [7, 11) is 0. The van der Waals surface area contributed by atoms with Gasteiger partial charge in [0.2, 0.25) is 0 Å². The van der Waals surface area contributed by atoms with E-state index in [2.05, 4.69) is 4.98 Å². The molecule has 1 atom stereocenters. The normalized spacial score (nSPS) is 12.1. The van der Waals surface area contributed by atoms with E-state index in [1.165, 1.54) is 0 Å². The average Bonchev–Trinajstić information content (AvgIpc) is 2.29. The monoisotopic (exact) mass is 207 g/mol. The molecule has 82 valence electrons. The molecule has 3 heteroatoms. The molecule has 0 aliphatic carbocycles. The van der Waals surface area contributed by atoms with Gasteiger partial charge in [0.1, 0.15) is 0 Å². The third-order valence-electron chi connectivity index (χ3n) is 2.40. The van der Waals surface area contributed by atoms with Gasteiger partial charge in [-0.3, -0.25) is 9.78 Å². The molecule has 3 nitrogen and oxygen atoms in total. The van der Waals surface area contributed by atoms with Gasteiger partial charge >= 0.3 is 5.97 Å². The van der Waals surface area contributed by atoms with Crippen molar-refractivity contribution in [3.05, 3.63) is 30.1 Å². The highest BCUT2D eigenvalue weighted by Crippen LogP contribution is 2.04. The Morgan fingerprint density at radius 2 is 2.13 bits per heavy atom. The topological polar surface area (TPSA) is 39.2 Å². The third-order valence-corrected chi connectivity index (χ3v) is 2.40. The molecular weight excluding hydrogens is 190 g/mol. The number of aromatic nitrogens is 1. The number of ether oxygens (including phenoxy) is 1. The summed E-state index contributed by atoms with van der Waals surface area (Å²) < 4.78 is 5.14. The van der Waals surface area contributed by atoms with E-state index < -0.39 is 0 Å². The van der Waals surface area contributed by atoms with Crippen LogP contribution in [0.1, 0.15) is 25.8 Å². The molecule has 0 aliphatic heterocycles. The number of rotatable bonds is 5. The molecule has 0 saturated heterocycles. The maximum Gasteiger partial charge on any atom is 0.308 e. The van der Waals surface area contributed by atoms with Crippen LogP contribution in [-0.2, 0) is 16.0 Å². The van der Waals surface area contributed by atoms with Crippen molar-refractivity contribution in [2.24, 2.45) is 5.92 Å². The Kier molecular flexibility index (Phi) is 4.81. The van der Waals surface area contributed by atoms with Crippen molar-refractivity contribution in [1.82, 2.24) is 4.98 Å². The first-order chi connectivity index (χ1) is 7.24. The van der Waals surface area contributed by atoms with Crippen molar-refractivity contribution < 1.29 is 9.53 Å². The molecule has 0 radical (unpaired) electrons. The number of carbonyl (C=O) groups excluding carboxylic acids is 1. The van der Waals surface area contributed by atoms with Gasteiger partial charge < -0.3 is 4.74 Å². The molecule has 0 spiro atoms. The molecule has 15 heavy (non-hydrogen) atoms. The Balaban J connectivity index is 2.25. The van der Waals surface area contributed by atoms with Crippen LogP contribution < -0.4 is 0 Å². The smallest absolute Gasteiger partial charge is 0.308 e. The Bertz CT molecular complexity index is 298. The molecule has 1 rings (SSSR count). The maximum atomic E-state index is 11.3. The number of pyridine rings is 1. The van der Waals surface area contributed by atoms with Gasteiger partial charge in [-0.2, -0.15) is 0 Å². The van der Waals surface area contributed by atoms with E-state index in [0.29, 0.717) is 6.61 Å². The van der Waals surface area contributed by atoms with E-state index in [9.17, 15) is 4.79 Å². The first-order valence-electron chi connectivity index (χ1n) is 5.29. The van der Waals surface area contributed by atoms with Gasteiger partial charge in [-0.25, -0.2) is 0 Å². The minimum absolute atomic E-state index is 0.00226. The van der Waals surface area contributed by atoms with Gasteiger partial charge in [0, 0.05) is 18.8 Å². The summed E-state index contributed by atoms with van der Waals surface area (Å²) in [4.78, 5) is 15.3. The minimum Gasteiger partial charge on any atom is -0.465 e. The average molecular weight is 207 g/mol. The second-order valence-electron chi connectivity index (χ2n) is 3.58. The molecule has 0 aliphatic rings. The van der Waals surface area contributed by atoms with Gasteiger partial charge in [0.25, 0.3) is 0 Å². The highest BCUT2D eigenvalue weighted by Gasteiger charge is 2.11. The summed E-state index contributed by atoms with van der Waals surface area (Å²) in [6, 6.07) is 3.86. The number of hydrogen-bond acceptors (Lipinski definition) is 3. The Hall–Kier alpha value is -1.38. The third kappa shape index (κ3) is 4.11. The molecule has 1 aromatic rings. The van der Waals surface area contributed by atoms with Crippen LogP contribution in [0.2, 0.25) is 0 Å². The van der Waals surface area contributed by atoms with Gasteiger partial charge in [0.15, 0.2) is 0 Å². The first-order valence-corrected chi connectivity index (χ1v) is 5.29. The lowest BCUT2D eigenvalue weighted by atomic mass is 10.1. The summed E-state index contributed by atoms with van der Waals surface area (Å²) in [6.07, 6.45) is 5.07. The molecule has 0 saturated carbocycles. The molecule has 0 fully saturated rings. The SMILES string of the molecule is CCC(C)C(=O)OCCc1ccncc1. The zero-order valence-corrected chi connectivity index (χ0v) is 9.27. The van der Waals surface area contributed by atoms with Crippen LogP contribution in [0.25, 0.3) is 0 Å². The van der Waals surface area contributed by atoms with Crippen molar-refractivity contribution in [1.29, 1.82) is 0 Å². The van der Waals surface area contributed by atoms with Crippen LogP contribution in [0.3, 0.4) is 0 Å². The molecule has 0 bridgehead atoms. The standard InChI is InChI=1S/C12H17NO2/c1-3-10(2)12(14)15-9-6-11-4-7-13-8-5-11/h4-5,7-8,10H,3,6,9H2,1-2H3. The van der Waals surface area contributed by atoms with Crippen molar-refractivity contribution in [2.75, 3.05) is 6.61 Å². The lowest BCUT2D eigenvalue weighted by Crippen LogP contribution is -2.15.